The Bertz CT molecular complexity index is 1510. The molecule has 39 heavy (non-hydrogen) atoms. The Balaban J connectivity index is 1.51. The summed E-state index contributed by atoms with van der Waals surface area (Å²) in [7, 11) is 1.28. The highest BCUT2D eigenvalue weighted by molar-refractivity contribution is 8.00. The number of hydrogen-bond acceptors (Lipinski definition) is 7. The highest BCUT2D eigenvalue weighted by Gasteiger charge is 2.24. The van der Waals surface area contributed by atoms with Gasteiger partial charge in [0.1, 0.15) is 5.25 Å². The van der Waals surface area contributed by atoms with Crippen LogP contribution in [0.3, 0.4) is 0 Å². The molecule has 10 heteroatoms. The van der Waals surface area contributed by atoms with Crippen LogP contribution in [0.15, 0.2) is 108 Å². The van der Waals surface area contributed by atoms with Gasteiger partial charge in [-0.15, -0.1) is 11.8 Å². The fourth-order valence-electron chi connectivity index (χ4n) is 3.70. The number of ether oxygens (including phenoxy) is 1. The van der Waals surface area contributed by atoms with Crippen molar-refractivity contribution in [1.29, 1.82) is 0 Å². The molecule has 0 aliphatic heterocycles. The van der Waals surface area contributed by atoms with E-state index in [4.69, 9.17) is 4.74 Å². The maximum Gasteiger partial charge on any atom is 0.339 e. The number of nitro benzene ring substituents is 1. The van der Waals surface area contributed by atoms with Gasteiger partial charge in [0.2, 0.25) is 5.91 Å². The standard InChI is InChI=1S/C29H23N3O6S/c1-38-29(35)24-12-5-6-13-25(24)31-28(34)26(19-8-3-2-4-9-19)39-23-16-14-21(15-17-23)30-27(33)20-10-7-11-22(18-20)32(36)37/h2-18,26H,1H3,(H,30,33)(H,31,34). The zero-order valence-electron chi connectivity index (χ0n) is 20.7. The van der Waals surface area contributed by atoms with Gasteiger partial charge in [-0.05, 0) is 48.0 Å². The third-order valence-corrected chi connectivity index (χ3v) is 6.88. The summed E-state index contributed by atoms with van der Waals surface area (Å²) in [6, 6.07) is 28.2. The topological polar surface area (TPSA) is 128 Å². The molecule has 1 atom stereocenters. The van der Waals surface area contributed by atoms with E-state index in [2.05, 4.69) is 10.6 Å². The summed E-state index contributed by atoms with van der Waals surface area (Å²) < 4.78 is 4.83. The molecular weight excluding hydrogens is 518 g/mol. The second-order valence-corrected chi connectivity index (χ2v) is 9.40. The van der Waals surface area contributed by atoms with Gasteiger partial charge < -0.3 is 15.4 Å². The minimum atomic E-state index is -0.651. The van der Waals surface area contributed by atoms with Crippen LogP contribution in [-0.2, 0) is 9.53 Å². The number of non-ortho nitro benzene ring substituents is 1. The Morgan fingerprint density at radius 1 is 0.846 bits per heavy atom. The normalized spacial score (nSPS) is 11.2. The Kier molecular flexibility index (Phi) is 8.70. The Morgan fingerprint density at radius 2 is 1.54 bits per heavy atom. The first-order valence-corrected chi connectivity index (χ1v) is 12.6. The lowest BCUT2D eigenvalue weighted by Crippen LogP contribution is -2.20. The number of hydrogen-bond donors (Lipinski definition) is 2. The van der Waals surface area contributed by atoms with Crippen LogP contribution in [0, 0.1) is 10.1 Å². The lowest BCUT2D eigenvalue weighted by atomic mass is 10.1. The van der Waals surface area contributed by atoms with Crippen LogP contribution in [0.4, 0.5) is 17.1 Å². The van der Waals surface area contributed by atoms with E-state index in [1.165, 1.54) is 43.1 Å². The van der Waals surface area contributed by atoms with E-state index in [-0.39, 0.29) is 22.7 Å². The number of nitrogens with one attached hydrogen (secondary N) is 2. The van der Waals surface area contributed by atoms with Crippen LogP contribution in [0.25, 0.3) is 0 Å². The fourth-order valence-corrected chi connectivity index (χ4v) is 4.72. The number of amides is 2. The van der Waals surface area contributed by atoms with Crippen molar-refractivity contribution in [3.05, 3.63) is 130 Å². The molecule has 196 valence electrons. The molecule has 4 rings (SSSR count). The third-order valence-electron chi connectivity index (χ3n) is 5.62. The van der Waals surface area contributed by atoms with Gasteiger partial charge >= 0.3 is 5.97 Å². The van der Waals surface area contributed by atoms with Gasteiger partial charge in [-0.2, -0.15) is 0 Å². The molecule has 4 aromatic carbocycles. The third kappa shape index (κ3) is 6.88. The number of benzene rings is 4. The van der Waals surface area contributed by atoms with Crippen LogP contribution in [-0.4, -0.2) is 29.8 Å². The molecule has 0 saturated carbocycles. The van der Waals surface area contributed by atoms with E-state index in [0.717, 1.165) is 10.5 Å². The Labute approximate surface area is 228 Å². The summed E-state index contributed by atoms with van der Waals surface area (Å²) in [6.45, 7) is 0. The van der Waals surface area contributed by atoms with Gasteiger partial charge in [-0.1, -0.05) is 48.5 Å². The SMILES string of the molecule is COC(=O)c1ccccc1NC(=O)C(Sc1ccc(NC(=O)c2cccc([N+](=O)[O-])c2)cc1)c1ccccc1. The van der Waals surface area contributed by atoms with Crippen molar-refractivity contribution in [2.45, 2.75) is 10.1 Å². The molecule has 1 unspecified atom stereocenters. The number of para-hydroxylation sites is 1. The van der Waals surface area contributed by atoms with E-state index in [1.807, 2.05) is 30.3 Å². The van der Waals surface area contributed by atoms with Gasteiger partial charge in [0.25, 0.3) is 11.6 Å². The van der Waals surface area contributed by atoms with Gasteiger partial charge in [0.05, 0.1) is 23.3 Å². The average Bonchev–Trinajstić information content (AvgIpc) is 2.97. The molecule has 2 N–H and O–H groups in total. The number of nitro groups is 1. The molecule has 9 nitrogen and oxygen atoms in total. The van der Waals surface area contributed by atoms with Crippen LogP contribution in [0.2, 0.25) is 0 Å². The zero-order chi connectivity index (χ0) is 27.8. The average molecular weight is 542 g/mol. The number of rotatable bonds is 9. The van der Waals surface area contributed by atoms with Crippen molar-refractivity contribution in [1.82, 2.24) is 0 Å². The first-order valence-electron chi connectivity index (χ1n) is 11.7. The monoisotopic (exact) mass is 541 g/mol. The Hall–Kier alpha value is -4.96. The summed E-state index contributed by atoms with van der Waals surface area (Å²) >= 11 is 1.30. The molecule has 0 heterocycles. The summed E-state index contributed by atoms with van der Waals surface area (Å²) in [5.74, 6) is -1.37. The van der Waals surface area contributed by atoms with Crippen molar-refractivity contribution in [2.75, 3.05) is 17.7 Å². The number of thioether (sulfide) groups is 1. The Morgan fingerprint density at radius 3 is 2.23 bits per heavy atom. The first kappa shape index (κ1) is 27.1. The van der Waals surface area contributed by atoms with Crippen LogP contribution in [0.5, 0.6) is 0 Å². The number of carbonyl (C=O) groups excluding carboxylic acids is 3. The number of methoxy groups -OCH3 is 1. The number of anilines is 2. The molecule has 2 amide bonds. The van der Waals surface area contributed by atoms with Crippen LogP contribution in [0.1, 0.15) is 31.5 Å². The predicted octanol–water partition coefficient (Wildman–Crippen LogP) is 6.11. The highest BCUT2D eigenvalue weighted by Crippen LogP contribution is 2.37. The van der Waals surface area contributed by atoms with Crippen molar-refractivity contribution in [3.8, 4) is 0 Å². The van der Waals surface area contributed by atoms with E-state index < -0.39 is 22.0 Å². The summed E-state index contributed by atoms with van der Waals surface area (Å²) in [5.41, 5.74) is 1.83. The van der Waals surface area contributed by atoms with Crippen LogP contribution >= 0.6 is 11.8 Å². The second-order valence-electron chi connectivity index (χ2n) is 8.22. The molecule has 0 aromatic heterocycles. The molecule has 0 fully saturated rings. The van der Waals surface area contributed by atoms with E-state index >= 15 is 0 Å². The van der Waals surface area contributed by atoms with E-state index in [1.54, 1.807) is 48.5 Å². The van der Waals surface area contributed by atoms with Gasteiger partial charge in [0, 0.05) is 28.3 Å². The van der Waals surface area contributed by atoms with E-state index in [9.17, 15) is 24.5 Å². The molecular formula is C29H23N3O6S. The summed E-state index contributed by atoms with van der Waals surface area (Å²) in [6.07, 6.45) is 0. The van der Waals surface area contributed by atoms with Gasteiger partial charge in [0.15, 0.2) is 0 Å². The second kappa shape index (κ2) is 12.5. The highest BCUT2D eigenvalue weighted by atomic mass is 32.2. The largest absolute Gasteiger partial charge is 0.465 e. The number of nitrogens with zero attached hydrogens (tertiary/aromatic N) is 1. The molecule has 0 radical (unpaired) electrons. The number of carbonyl (C=O) groups is 3. The quantitative estimate of drug-likeness (QED) is 0.113. The van der Waals surface area contributed by atoms with Crippen molar-refractivity contribution in [3.63, 3.8) is 0 Å². The van der Waals surface area contributed by atoms with Gasteiger partial charge in [-0.25, -0.2) is 4.79 Å². The lowest BCUT2D eigenvalue weighted by molar-refractivity contribution is -0.384. The summed E-state index contributed by atoms with van der Waals surface area (Å²) in [4.78, 5) is 49.4. The molecule has 0 bridgehead atoms. The molecule has 4 aromatic rings. The molecule has 0 aliphatic carbocycles. The fraction of sp³-hybridized carbons (Fsp3) is 0.0690. The maximum absolute atomic E-state index is 13.4. The minimum Gasteiger partial charge on any atom is -0.465 e. The van der Waals surface area contributed by atoms with Gasteiger partial charge in [-0.3, -0.25) is 19.7 Å². The molecule has 0 saturated heterocycles. The lowest BCUT2D eigenvalue weighted by Gasteiger charge is -2.18. The smallest absolute Gasteiger partial charge is 0.339 e. The van der Waals surface area contributed by atoms with Crippen molar-refractivity contribution >= 4 is 46.6 Å². The van der Waals surface area contributed by atoms with Crippen molar-refractivity contribution in [2.24, 2.45) is 0 Å². The van der Waals surface area contributed by atoms with Crippen LogP contribution < -0.4 is 10.6 Å². The minimum absolute atomic E-state index is 0.163. The maximum atomic E-state index is 13.4. The number of esters is 1. The molecule has 0 spiro atoms. The first-order chi connectivity index (χ1) is 18.9. The van der Waals surface area contributed by atoms with Crippen molar-refractivity contribution < 1.29 is 24.0 Å². The summed E-state index contributed by atoms with van der Waals surface area (Å²) in [5, 5.41) is 15.9. The predicted molar refractivity (Wildman–Crippen MR) is 149 cm³/mol. The van der Waals surface area contributed by atoms with E-state index in [0.29, 0.717) is 11.4 Å². The zero-order valence-corrected chi connectivity index (χ0v) is 21.5. The molecule has 0 aliphatic rings.